The van der Waals surface area contributed by atoms with Gasteiger partial charge in [-0.25, -0.2) is 4.39 Å². The van der Waals surface area contributed by atoms with Crippen LogP contribution in [0.4, 0.5) is 4.39 Å². The van der Waals surface area contributed by atoms with Gasteiger partial charge >= 0.3 is 0 Å². The van der Waals surface area contributed by atoms with Crippen molar-refractivity contribution in [1.29, 1.82) is 0 Å². The van der Waals surface area contributed by atoms with Gasteiger partial charge in [-0.05, 0) is 74.1 Å². The highest BCUT2D eigenvalue weighted by atomic mass is 19.1. The first-order valence-electron chi connectivity index (χ1n) is 7.31. The fraction of sp³-hybridized carbons (Fsp3) is 0.647. The molecule has 0 bridgehead atoms. The minimum absolute atomic E-state index is 0.119. The summed E-state index contributed by atoms with van der Waals surface area (Å²) in [5.74, 6) is 1.48. The predicted molar refractivity (Wildman–Crippen MR) is 76.6 cm³/mol. The molecule has 2 rings (SSSR count). The lowest BCUT2D eigenvalue weighted by molar-refractivity contribution is 0.0782. The van der Waals surface area contributed by atoms with Crippen LogP contribution in [0.5, 0.6) is 0 Å². The van der Waals surface area contributed by atoms with Crippen molar-refractivity contribution in [3.05, 3.63) is 35.1 Å². The van der Waals surface area contributed by atoms with E-state index in [-0.39, 0.29) is 5.82 Å². The van der Waals surface area contributed by atoms with Gasteiger partial charge in [0.25, 0.3) is 0 Å². The van der Waals surface area contributed by atoms with Crippen molar-refractivity contribution in [2.45, 2.75) is 58.5 Å². The van der Waals surface area contributed by atoms with Crippen molar-refractivity contribution >= 4 is 0 Å². The average molecular weight is 264 g/mol. The molecule has 0 aliphatic heterocycles. The van der Waals surface area contributed by atoms with Gasteiger partial charge < -0.3 is 5.11 Å². The molecule has 1 fully saturated rings. The maximum absolute atomic E-state index is 14.1. The second kappa shape index (κ2) is 5.24. The topological polar surface area (TPSA) is 20.2 Å². The second-order valence-electron chi connectivity index (χ2n) is 6.87. The molecule has 1 N–H and O–H groups in total. The van der Waals surface area contributed by atoms with Crippen LogP contribution in [0.2, 0.25) is 0 Å². The molecule has 2 heteroatoms. The Bertz CT molecular complexity index is 445. The fourth-order valence-electron chi connectivity index (χ4n) is 3.07. The molecule has 0 saturated heterocycles. The van der Waals surface area contributed by atoms with E-state index in [9.17, 15) is 9.50 Å². The Morgan fingerprint density at radius 1 is 1.32 bits per heavy atom. The standard InChI is InChI=1S/C17H25FO/c1-11(2)9-12-5-7-14(12)15-10-13(17(3,4)19)6-8-16(15)18/h6,8,10-12,14,19H,5,7,9H2,1-4H3. The minimum atomic E-state index is -0.903. The quantitative estimate of drug-likeness (QED) is 0.843. The molecular formula is C17H25FO. The third kappa shape index (κ3) is 3.17. The van der Waals surface area contributed by atoms with Gasteiger partial charge in [0.1, 0.15) is 5.82 Å². The highest BCUT2D eigenvalue weighted by molar-refractivity contribution is 5.32. The Morgan fingerprint density at radius 3 is 2.47 bits per heavy atom. The summed E-state index contributed by atoms with van der Waals surface area (Å²) in [6.45, 7) is 7.94. The summed E-state index contributed by atoms with van der Waals surface area (Å²) < 4.78 is 14.1. The molecule has 106 valence electrons. The fourth-order valence-corrected chi connectivity index (χ4v) is 3.07. The highest BCUT2D eigenvalue weighted by Gasteiger charge is 2.34. The van der Waals surface area contributed by atoms with Crippen LogP contribution in [0.25, 0.3) is 0 Å². The van der Waals surface area contributed by atoms with Gasteiger partial charge in [0.05, 0.1) is 5.60 Å². The summed E-state index contributed by atoms with van der Waals surface area (Å²) in [6, 6.07) is 5.06. The monoisotopic (exact) mass is 264 g/mol. The van der Waals surface area contributed by atoms with Gasteiger partial charge in [-0.3, -0.25) is 0 Å². The average Bonchev–Trinajstić information content (AvgIpc) is 2.26. The molecule has 1 aliphatic rings. The SMILES string of the molecule is CC(C)CC1CCC1c1cc(C(C)(C)O)ccc1F. The van der Waals surface area contributed by atoms with Crippen LogP contribution in [0, 0.1) is 17.7 Å². The zero-order valence-corrected chi connectivity index (χ0v) is 12.4. The van der Waals surface area contributed by atoms with E-state index in [0.29, 0.717) is 17.8 Å². The van der Waals surface area contributed by atoms with E-state index >= 15 is 0 Å². The zero-order valence-electron chi connectivity index (χ0n) is 12.4. The number of benzene rings is 1. The molecule has 0 heterocycles. The Morgan fingerprint density at radius 2 is 2.00 bits per heavy atom. The third-order valence-electron chi connectivity index (χ3n) is 4.29. The Balaban J connectivity index is 2.24. The van der Waals surface area contributed by atoms with E-state index < -0.39 is 5.60 Å². The van der Waals surface area contributed by atoms with Crippen LogP contribution in [-0.2, 0) is 5.60 Å². The molecule has 1 saturated carbocycles. The maximum atomic E-state index is 14.1. The first kappa shape index (κ1) is 14.5. The summed E-state index contributed by atoms with van der Waals surface area (Å²) >= 11 is 0. The van der Waals surface area contributed by atoms with Crippen molar-refractivity contribution in [2.75, 3.05) is 0 Å². The molecule has 1 nitrogen and oxygen atoms in total. The minimum Gasteiger partial charge on any atom is -0.386 e. The Labute approximate surface area is 115 Å². The van der Waals surface area contributed by atoms with Gasteiger partial charge in [0.2, 0.25) is 0 Å². The lowest BCUT2D eigenvalue weighted by Crippen LogP contribution is -2.27. The molecular weight excluding hydrogens is 239 g/mol. The van der Waals surface area contributed by atoms with Crippen molar-refractivity contribution < 1.29 is 9.50 Å². The van der Waals surface area contributed by atoms with Crippen LogP contribution >= 0.6 is 0 Å². The summed E-state index contributed by atoms with van der Waals surface area (Å²) in [5.41, 5.74) is 0.704. The number of hydrogen-bond donors (Lipinski definition) is 1. The second-order valence-corrected chi connectivity index (χ2v) is 6.87. The number of aliphatic hydroxyl groups is 1. The van der Waals surface area contributed by atoms with Crippen molar-refractivity contribution in [3.63, 3.8) is 0 Å². The smallest absolute Gasteiger partial charge is 0.126 e. The van der Waals surface area contributed by atoms with Crippen LogP contribution in [0.3, 0.4) is 0 Å². The maximum Gasteiger partial charge on any atom is 0.126 e. The third-order valence-corrected chi connectivity index (χ3v) is 4.29. The van der Waals surface area contributed by atoms with E-state index in [0.717, 1.165) is 24.0 Å². The van der Waals surface area contributed by atoms with Gasteiger partial charge in [-0.15, -0.1) is 0 Å². The summed E-state index contributed by atoms with van der Waals surface area (Å²) in [6.07, 6.45) is 3.44. The number of rotatable bonds is 4. The molecule has 2 atom stereocenters. The van der Waals surface area contributed by atoms with Crippen molar-refractivity contribution in [1.82, 2.24) is 0 Å². The molecule has 0 aromatic heterocycles. The van der Waals surface area contributed by atoms with Gasteiger partial charge in [0, 0.05) is 0 Å². The summed E-state index contributed by atoms with van der Waals surface area (Å²) in [7, 11) is 0. The first-order valence-corrected chi connectivity index (χ1v) is 7.31. The molecule has 1 aliphatic carbocycles. The van der Waals surface area contributed by atoms with E-state index in [1.54, 1.807) is 19.9 Å². The van der Waals surface area contributed by atoms with E-state index in [1.807, 2.05) is 6.07 Å². The lowest BCUT2D eigenvalue weighted by Gasteiger charge is -2.39. The lowest BCUT2D eigenvalue weighted by atomic mass is 9.66. The van der Waals surface area contributed by atoms with E-state index in [2.05, 4.69) is 13.8 Å². The number of halogens is 1. The molecule has 0 amide bonds. The normalized spacial score (nSPS) is 23.5. The molecule has 2 unspecified atom stereocenters. The van der Waals surface area contributed by atoms with E-state index in [4.69, 9.17) is 0 Å². The Kier molecular flexibility index (Phi) is 4.00. The summed E-state index contributed by atoms with van der Waals surface area (Å²) in [5, 5.41) is 10.1. The highest BCUT2D eigenvalue weighted by Crippen LogP contribution is 2.47. The van der Waals surface area contributed by atoms with E-state index in [1.165, 1.54) is 12.5 Å². The van der Waals surface area contributed by atoms with Crippen molar-refractivity contribution in [2.24, 2.45) is 11.8 Å². The predicted octanol–water partition coefficient (Wildman–Crippen LogP) is 4.59. The van der Waals surface area contributed by atoms with Crippen molar-refractivity contribution in [3.8, 4) is 0 Å². The van der Waals surface area contributed by atoms with Gasteiger partial charge in [-0.1, -0.05) is 19.9 Å². The first-order chi connectivity index (χ1) is 8.79. The molecule has 0 radical (unpaired) electrons. The molecule has 19 heavy (non-hydrogen) atoms. The molecule has 1 aromatic carbocycles. The zero-order chi connectivity index (χ0) is 14.2. The largest absolute Gasteiger partial charge is 0.386 e. The molecule has 1 aromatic rings. The van der Waals surface area contributed by atoms with Gasteiger partial charge in [-0.2, -0.15) is 0 Å². The van der Waals surface area contributed by atoms with Crippen LogP contribution < -0.4 is 0 Å². The number of hydrogen-bond acceptors (Lipinski definition) is 1. The molecule has 0 spiro atoms. The Hall–Kier alpha value is -0.890. The van der Waals surface area contributed by atoms with Gasteiger partial charge in [0.15, 0.2) is 0 Å². The van der Waals surface area contributed by atoms with Crippen LogP contribution in [0.15, 0.2) is 18.2 Å². The summed E-state index contributed by atoms with van der Waals surface area (Å²) in [4.78, 5) is 0. The van der Waals surface area contributed by atoms with Crippen LogP contribution in [0.1, 0.15) is 64.0 Å². The van der Waals surface area contributed by atoms with Crippen LogP contribution in [-0.4, -0.2) is 5.11 Å².